The maximum atomic E-state index is 5.88. The van der Waals surface area contributed by atoms with Crippen molar-refractivity contribution in [3.8, 4) is 0 Å². The Labute approximate surface area is 82.3 Å². The Hall–Kier alpha value is -0.580. The van der Waals surface area contributed by atoms with Gasteiger partial charge in [0.05, 0.1) is 0 Å². The van der Waals surface area contributed by atoms with E-state index in [4.69, 9.17) is 5.73 Å². The number of nitrogens with zero attached hydrogens (tertiary/aromatic N) is 2. The summed E-state index contributed by atoms with van der Waals surface area (Å²) in [5.41, 5.74) is 7.34. The van der Waals surface area contributed by atoms with Crippen molar-refractivity contribution in [3.63, 3.8) is 0 Å². The molecule has 2 unspecified atom stereocenters. The van der Waals surface area contributed by atoms with E-state index in [1.807, 2.05) is 12.4 Å². The molecular formula is C9H13N3S. The molecule has 1 aromatic heterocycles. The molecule has 1 saturated heterocycles. The molecule has 2 atom stereocenters. The summed E-state index contributed by atoms with van der Waals surface area (Å²) < 4.78 is 0. The highest BCUT2D eigenvalue weighted by Gasteiger charge is 2.28. The molecule has 13 heavy (non-hydrogen) atoms. The average molecular weight is 195 g/mol. The fraction of sp³-hybridized carbons (Fsp3) is 0.444. The first-order chi connectivity index (χ1) is 6.27. The second kappa shape index (κ2) is 3.65. The largest absolute Gasteiger partial charge is 0.307 e. The van der Waals surface area contributed by atoms with Crippen LogP contribution < -0.4 is 5.73 Å². The van der Waals surface area contributed by atoms with Crippen LogP contribution in [0.4, 0.5) is 0 Å². The minimum atomic E-state index is 0.137. The first-order valence-corrected chi connectivity index (χ1v) is 5.23. The average Bonchev–Trinajstić information content (AvgIpc) is 2.49. The van der Waals surface area contributed by atoms with Crippen LogP contribution in [0.1, 0.15) is 10.8 Å². The summed E-state index contributed by atoms with van der Waals surface area (Å²) in [6.07, 6.45) is 3.67. The van der Waals surface area contributed by atoms with Crippen LogP contribution in [-0.2, 0) is 0 Å². The number of aromatic nitrogens is 1. The van der Waals surface area contributed by atoms with Gasteiger partial charge in [-0.25, -0.2) is 0 Å². The quantitative estimate of drug-likeness (QED) is 0.727. The van der Waals surface area contributed by atoms with Crippen LogP contribution in [0.3, 0.4) is 0 Å². The molecular weight excluding hydrogens is 182 g/mol. The van der Waals surface area contributed by atoms with Crippen LogP contribution >= 0.6 is 11.8 Å². The molecule has 2 heterocycles. The highest BCUT2D eigenvalue weighted by Crippen LogP contribution is 2.37. The Morgan fingerprint density at radius 3 is 2.77 bits per heavy atom. The number of rotatable bonds is 1. The lowest BCUT2D eigenvalue weighted by Gasteiger charge is -2.10. The second-order valence-electron chi connectivity index (χ2n) is 3.24. The third-order valence-electron chi connectivity index (χ3n) is 2.27. The van der Waals surface area contributed by atoms with Crippen LogP contribution in [-0.4, -0.2) is 29.0 Å². The van der Waals surface area contributed by atoms with Crippen LogP contribution in [0.15, 0.2) is 24.5 Å². The van der Waals surface area contributed by atoms with Gasteiger partial charge in [-0.05, 0) is 24.7 Å². The molecule has 1 fully saturated rings. The molecule has 0 spiro atoms. The zero-order valence-corrected chi connectivity index (χ0v) is 8.37. The number of likely N-dealkylation sites (N-methyl/N-ethyl adjacent to an activating group) is 1. The lowest BCUT2D eigenvalue weighted by Crippen LogP contribution is -2.30. The van der Waals surface area contributed by atoms with Gasteiger partial charge in [-0.1, -0.05) is 0 Å². The van der Waals surface area contributed by atoms with Gasteiger partial charge >= 0.3 is 0 Å². The van der Waals surface area contributed by atoms with Crippen LogP contribution in [0.5, 0.6) is 0 Å². The SMILES string of the molecule is CN1CC(c2ccncc2)SC1N. The topological polar surface area (TPSA) is 42.2 Å². The predicted octanol–water partition coefficient (Wildman–Crippen LogP) is 1.04. The van der Waals surface area contributed by atoms with E-state index in [1.54, 1.807) is 11.8 Å². The third-order valence-corrected chi connectivity index (χ3v) is 3.66. The smallest absolute Gasteiger partial charge is 0.106 e. The van der Waals surface area contributed by atoms with Crippen LogP contribution in [0, 0.1) is 0 Å². The molecule has 0 aliphatic carbocycles. The lowest BCUT2D eigenvalue weighted by molar-refractivity contribution is 0.345. The van der Waals surface area contributed by atoms with Gasteiger partial charge in [-0.3, -0.25) is 9.88 Å². The van der Waals surface area contributed by atoms with E-state index in [0.717, 1.165) is 6.54 Å². The van der Waals surface area contributed by atoms with E-state index < -0.39 is 0 Å². The number of pyridine rings is 1. The molecule has 1 aliphatic heterocycles. The van der Waals surface area contributed by atoms with E-state index >= 15 is 0 Å². The van der Waals surface area contributed by atoms with E-state index in [2.05, 4.69) is 29.1 Å². The molecule has 4 heteroatoms. The fourth-order valence-corrected chi connectivity index (χ4v) is 2.71. The minimum Gasteiger partial charge on any atom is -0.307 e. The Morgan fingerprint density at radius 2 is 2.23 bits per heavy atom. The zero-order valence-electron chi connectivity index (χ0n) is 7.55. The lowest BCUT2D eigenvalue weighted by atomic mass is 10.2. The van der Waals surface area contributed by atoms with E-state index in [1.165, 1.54) is 5.56 Å². The van der Waals surface area contributed by atoms with Crippen molar-refractivity contribution in [2.24, 2.45) is 5.73 Å². The summed E-state index contributed by atoms with van der Waals surface area (Å²) >= 11 is 1.80. The van der Waals surface area contributed by atoms with E-state index in [-0.39, 0.29) is 5.50 Å². The van der Waals surface area contributed by atoms with Crippen molar-refractivity contribution >= 4 is 11.8 Å². The van der Waals surface area contributed by atoms with Crippen molar-refractivity contribution < 1.29 is 0 Å². The summed E-state index contributed by atoms with van der Waals surface area (Å²) in [5, 5.41) is 0.503. The maximum absolute atomic E-state index is 5.88. The van der Waals surface area contributed by atoms with Gasteiger partial charge in [0, 0.05) is 24.2 Å². The third kappa shape index (κ3) is 1.85. The highest BCUT2D eigenvalue weighted by atomic mass is 32.2. The first kappa shape index (κ1) is 8.99. The van der Waals surface area contributed by atoms with Gasteiger partial charge in [0.15, 0.2) is 0 Å². The molecule has 0 radical (unpaired) electrons. The molecule has 1 aromatic rings. The summed E-state index contributed by atoms with van der Waals surface area (Å²) in [6, 6.07) is 4.12. The maximum Gasteiger partial charge on any atom is 0.106 e. The predicted molar refractivity (Wildman–Crippen MR) is 55.2 cm³/mol. The second-order valence-corrected chi connectivity index (χ2v) is 4.56. The molecule has 0 amide bonds. The van der Waals surface area contributed by atoms with Crippen molar-refractivity contribution in [1.82, 2.24) is 9.88 Å². The van der Waals surface area contributed by atoms with Gasteiger partial charge in [0.25, 0.3) is 0 Å². The monoisotopic (exact) mass is 195 g/mol. The van der Waals surface area contributed by atoms with E-state index in [0.29, 0.717) is 5.25 Å². The first-order valence-electron chi connectivity index (χ1n) is 4.28. The Morgan fingerprint density at radius 1 is 1.54 bits per heavy atom. The van der Waals surface area contributed by atoms with Gasteiger partial charge < -0.3 is 5.73 Å². The van der Waals surface area contributed by atoms with Crippen molar-refractivity contribution in [2.75, 3.05) is 13.6 Å². The Bertz CT molecular complexity index is 267. The number of thioether (sulfide) groups is 1. The Kier molecular flexibility index (Phi) is 2.53. The highest BCUT2D eigenvalue weighted by molar-refractivity contribution is 8.00. The number of hydrogen-bond acceptors (Lipinski definition) is 4. The standard InChI is InChI=1S/C9H13N3S/c1-12-6-8(13-9(12)10)7-2-4-11-5-3-7/h2-5,8-9H,6,10H2,1H3. The molecule has 2 rings (SSSR count). The zero-order chi connectivity index (χ0) is 9.26. The molecule has 1 aliphatic rings. The summed E-state index contributed by atoms with van der Waals surface area (Å²) in [5.74, 6) is 0. The van der Waals surface area contributed by atoms with Gasteiger partial charge in [-0.2, -0.15) is 0 Å². The molecule has 70 valence electrons. The van der Waals surface area contributed by atoms with Crippen molar-refractivity contribution in [3.05, 3.63) is 30.1 Å². The van der Waals surface area contributed by atoms with Crippen LogP contribution in [0.2, 0.25) is 0 Å². The van der Waals surface area contributed by atoms with Gasteiger partial charge in [0.1, 0.15) is 5.50 Å². The van der Waals surface area contributed by atoms with E-state index in [9.17, 15) is 0 Å². The fourth-order valence-electron chi connectivity index (χ4n) is 1.44. The summed E-state index contributed by atoms with van der Waals surface area (Å²) in [4.78, 5) is 6.16. The molecule has 0 saturated carbocycles. The normalized spacial score (nSPS) is 29.4. The van der Waals surface area contributed by atoms with Crippen molar-refractivity contribution in [2.45, 2.75) is 10.7 Å². The number of nitrogens with two attached hydrogens (primary N) is 1. The minimum absolute atomic E-state index is 0.137. The van der Waals surface area contributed by atoms with Gasteiger partial charge in [0.2, 0.25) is 0 Å². The van der Waals surface area contributed by atoms with Crippen LogP contribution in [0.25, 0.3) is 0 Å². The molecule has 2 N–H and O–H groups in total. The van der Waals surface area contributed by atoms with Crippen molar-refractivity contribution in [1.29, 1.82) is 0 Å². The molecule has 3 nitrogen and oxygen atoms in total. The summed E-state index contributed by atoms with van der Waals surface area (Å²) in [7, 11) is 2.05. The van der Waals surface area contributed by atoms with Gasteiger partial charge in [-0.15, -0.1) is 11.8 Å². The molecule has 0 bridgehead atoms. The Balaban J connectivity index is 2.12. The molecule has 0 aromatic carbocycles. The summed E-state index contributed by atoms with van der Waals surface area (Å²) in [6.45, 7) is 1.02. The number of hydrogen-bond donors (Lipinski definition) is 1.